The number of nitriles is 1. The van der Waals surface area contributed by atoms with Gasteiger partial charge >= 0.3 is 0 Å². The van der Waals surface area contributed by atoms with E-state index in [4.69, 9.17) is 16.9 Å². The van der Waals surface area contributed by atoms with Crippen LogP contribution >= 0.6 is 22.9 Å². The Balaban J connectivity index is 2.14. The number of hydrogen-bond acceptors (Lipinski definition) is 3. The number of nitrogens with one attached hydrogen (secondary N) is 1. The van der Waals surface area contributed by atoms with Crippen molar-refractivity contribution >= 4 is 28.6 Å². The van der Waals surface area contributed by atoms with Crippen molar-refractivity contribution < 1.29 is 4.39 Å². The number of halogens is 2. The molecule has 1 aromatic carbocycles. The molecule has 1 N–H and O–H groups in total. The number of hydrogen-bond donors (Lipinski definition) is 1. The van der Waals surface area contributed by atoms with Crippen molar-refractivity contribution in [3.05, 3.63) is 50.9 Å². The molecule has 1 heterocycles. The van der Waals surface area contributed by atoms with Crippen LogP contribution < -0.4 is 5.32 Å². The fraction of sp³-hybridized carbons (Fsp3) is 0.0833. The van der Waals surface area contributed by atoms with E-state index in [9.17, 15) is 4.39 Å². The fourth-order valence-electron chi connectivity index (χ4n) is 1.41. The molecule has 1 aromatic heterocycles. The van der Waals surface area contributed by atoms with Crippen molar-refractivity contribution in [1.29, 1.82) is 5.26 Å². The first kappa shape index (κ1) is 11.9. The summed E-state index contributed by atoms with van der Waals surface area (Å²) in [6, 6.07) is 8.20. The molecule has 17 heavy (non-hydrogen) atoms. The van der Waals surface area contributed by atoms with Gasteiger partial charge in [-0.3, -0.25) is 0 Å². The summed E-state index contributed by atoms with van der Waals surface area (Å²) < 4.78 is 13.3. The summed E-state index contributed by atoms with van der Waals surface area (Å²) in [5, 5.41) is 14.4. The van der Waals surface area contributed by atoms with Crippen LogP contribution in [0.25, 0.3) is 0 Å². The molecule has 0 unspecified atom stereocenters. The quantitative estimate of drug-likeness (QED) is 0.911. The minimum absolute atomic E-state index is 0.0372. The molecule has 2 aromatic rings. The van der Waals surface area contributed by atoms with E-state index in [1.165, 1.54) is 17.4 Å². The molecule has 0 saturated heterocycles. The van der Waals surface area contributed by atoms with Crippen molar-refractivity contribution in [3.8, 4) is 6.07 Å². The summed E-state index contributed by atoms with van der Waals surface area (Å²) in [5.41, 5.74) is 0.534. The van der Waals surface area contributed by atoms with Crippen molar-refractivity contribution in [2.45, 2.75) is 6.54 Å². The van der Waals surface area contributed by atoms with Gasteiger partial charge in [-0.2, -0.15) is 5.26 Å². The molecule has 2 rings (SSSR count). The van der Waals surface area contributed by atoms with Crippen LogP contribution in [0.5, 0.6) is 0 Å². The molecule has 0 spiro atoms. The highest BCUT2D eigenvalue weighted by atomic mass is 35.5. The first-order valence-electron chi connectivity index (χ1n) is 4.86. The Morgan fingerprint density at radius 2 is 2.29 bits per heavy atom. The summed E-state index contributed by atoms with van der Waals surface area (Å²) in [5.74, 6) is -0.512. The molecule has 0 fully saturated rings. The van der Waals surface area contributed by atoms with Gasteiger partial charge in [0.1, 0.15) is 17.4 Å². The molecular weight excluding hydrogens is 259 g/mol. The lowest BCUT2D eigenvalue weighted by Gasteiger charge is -2.06. The van der Waals surface area contributed by atoms with Crippen molar-refractivity contribution in [2.24, 2.45) is 0 Å². The Bertz CT molecular complexity index is 574. The second kappa shape index (κ2) is 5.17. The lowest BCUT2D eigenvalue weighted by atomic mass is 10.2. The lowest BCUT2D eigenvalue weighted by molar-refractivity contribution is 0.624. The molecule has 0 radical (unpaired) electrons. The summed E-state index contributed by atoms with van der Waals surface area (Å²) >= 11 is 7.31. The molecule has 86 valence electrons. The van der Waals surface area contributed by atoms with Crippen LogP contribution in [0.1, 0.15) is 10.4 Å². The van der Waals surface area contributed by atoms with Crippen molar-refractivity contribution in [1.82, 2.24) is 0 Å². The number of rotatable bonds is 3. The Morgan fingerprint density at radius 3 is 2.94 bits per heavy atom. The second-order valence-corrected chi connectivity index (χ2v) is 4.79. The Morgan fingerprint density at radius 1 is 1.47 bits per heavy atom. The molecule has 0 amide bonds. The van der Waals surface area contributed by atoms with Crippen LogP contribution in [0.3, 0.4) is 0 Å². The normalized spacial score (nSPS) is 9.94. The van der Waals surface area contributed by atoms with Gasteiger partial charge in [-0.15, -0.1) is 11.3 Å². The SMILES string of the molecule is N#Cc1c(F)cccc1NCc1cc(Cl)cs1. The molecular formula is C12H8ClFN2S. The Hall–Kier alpha value is -1.57. The van der Waals surface area contributed by atoms with Gasteiger partial charge in [-0.05, 0) is 18.2 Å². The number of nitrogens with zero attached hydrogens (tertiary/aromatic N) is 1. The van der Waals surface area contributed by atoms with Crippen LogP contribution in [0.15, 0.2) is 29.6 Å². The molecule has 5 heteroatoms. The molecule has 0 aliphatic heterocycles. The average molecular weight is 267 g/mol. The predicted octanol–water partition coefficient (Wildman–Crippen LogP) is 4.02. The van der Waals surface area contributed by atoms with Gasteiger partial charge in [0.05, 0.1) is 10.7 Å². The first-order chi connectivity index (χ1) is 8.20. The van der Waals surface area contributed by atoms with Crippen LogP contribution in [0, 0.1) is 17.1 Å². The Labute approximate surface area is 107 Å². The summed E-state index contributed by atoms with van der Waals surface area (Å²) in [6.45, 7) is 0.523. The fourth-order valence-corrected chi connectivity index (χ4v) is 2.43. The minimum Gasteiger partial charge on any atom is -0.379 e. The summed E-state index contributed by atoms with van der Waals surface area (Å²) in [4.78, 5) is 1.03. The maximum absolute atomic E-state index is 13.3. The van der Waals surface area contributed by atoms with E-state index in [0.717, 1.165) is 4.88 Å². The average Bonchev–Trinajstić information content (AvgIpc) is 2.72. The smallest absolute Gasteiger partial charge is 0.143 e. The highest BCUT2D eigenvalue weighted by molar-refractivity contribution is 7.10. The van der Waals surface area contributed by atoms with Crippen LogP contribution in [-0.2, 0) is 6.54 Å². The monoisotopic (exact) mass is 266 g/mol. The van der Waals surface area contributed by atoms with E-state index in [1.807, 2.05) is 17.5 Å². The van der Waals surface area contributed by atoms with E-state index < -0.39 is 5.82 Å². The summed E-state index contributed by atoms with van der Waals surface area (Å²) in [7, 11) is 0. The molecule has 0 bridgehead atoms. The topological polar surface area (TPSA) is 35.8 Å². The third-order valence-electron chi connectivity index (χ3n) is 2.20. The van der Waals surface area contributed by atoms with Gasteiger partial charge in [-0.25, -0.2) is 4.39 Å². The van der Waals surface area contributed by atoms with Crippen LogP contribution in [-0.4, -0.2) is 0 Å². The number of benzene rings is 1. The van der Waals surface area contributed by atoms with Crippen molar-refractivity contribution in [3.63, 3.8) is 0 Å². The molecule has 0 aliphatic carbocycles. The summed E-state index contributed by atoms with van der Waals surface area (Å²) in [6.07, 6.45) is 0. The van der Waals surface area contributed by atoms with Gasteiger partial charge in [0, 0.05) is 16.8 Å². The van der Waals surface area contributed by atoms with Crippen LogP contribution in [0.4, 0.5) is 10.1 Å². The largest absolute Gasteiger partial charge is 0.379 e. The molecule has 2 nitrogen and oxygen atoms in total. The molecule has 0 saturated carbocycles. The van der Waals surface area contributed by atoms with E-state index in [-0.39, 0.29) is 5.56 Å². The number of thiophene rings is 1. The van der Waals surface area contributed by atoms with Gasteiger partial charge in [0.25, 0.3) is 0 Å². The maximum Gasteiger partial charge on any atom is 0.143 e. The first-order valence-corrected chi connectivity index (χ1v) is 6.12. The predicted molar refractivity (Wildman–Crippen MR) is 67.8 cm³/mol. The van der Waals surface area contributed by atoms with Crippen LogP contribution in [0.2, 0.25) is 5.02 Å². The highest BCUT2D eigenvalue weighted by Gasteiger charge is 2.07. The minimum atomic E-state index is -0.512. The van der Waals surface area contributed by atoms with Gasteiger partial charge in [-0.1, -0.05) is 17.7 Å². The second-order valence-electron chi connectivity index (χ2n) is 3.36. The lowest BCUT2D eigenvalue weighted by Crippen LogP contribution is -2.01. The third kappa shape index (κ3) is 2.76. The highest BCUT2D eigenvalue weighted by Crippen LogP contribution is 2.22. The van der Waals surface area contributed by atoms with Gasteiger partial charge < -0.3 is 5.32 Å². The Kier molecular flexibility index (Phi) is 3.62. The van der Waals surface area contributed by atoms with E-state index in [2.05, 4.69) is 5.32 Å². The van der Waals surface area contributed by atoms with Crippen molar-refractivity contribution in [2.75, 3.05) is 5.32 Å². The third-order valence-corrected chi connectivity index (χ3v) is 3.48. The van der Waals surface area contributed by atoms with Gasteiger partial charge in [0.2, 0.25) is 0 Å². The zero-order valence-corrected chi connectivity index (χ0v) is 10.3. The maximum atomic E-state index is 13.3. The molecule has 0 aliphatic rings. The standard InChI is InChI=1S/C12H8ClFN2S/c13-8-4-9(17-7-8)6-16-12-3-1-2-11(14)10(12)5-15/h1-4,7,16H,6H2. The van der Waals surface area contributed by atoms with E-state index in [1.54, 1.807) is 12.1 Å². The zero-order valence-electron chi connectivity index (χ0n) is 8.71. The van der Waals surface area contributed by atoms with E-state index >= 15 is 0 Å². The van der Waals surface area contributed by atoms with E-state index in [0.29, 0.717) is 17.3 Å². The number of anilines is 1. The zero-order chi connectivity index (χ0) is 12.3. The molecule has 0 atom stereocenters. The van der Waals surface area contributed by atoms with Gasteiger partial charge in [0.15, 0.2) is 0 Å².